The van der Waals surface area contributed by atoms with E-state index >= 15 is 0 Å². The lowest BCUT2D eigenvalue weighted by Crippen LogP contribution is -2.34. The molecular weight excluding hydrogens is 196 g/mol. The molecule has 1 aliphatic rings. The van der Waals surface area contributed by atoms with Crippen LogP contribution >= 0.6 is 0 Å². The van der Waals surface area contributed by atoms with E-state index in [9.17, 15) is 0 Å². The second kappa shape index (κ2) is 6.66. The lowest BCUT2D eigenvalue weighted by atomic mass is 9.98. The number of piperidine rings is 1. The molecule has 1 saturated heterocycles. The molecule has 0 bridgehead atoms. The molecule has 0 amide bonds. The van der Waals surface area contributed by atoms with E-state index in [-0.39, 0.29) is 0 Å². The normalized spacial score (nSPS) is 17.5. The van der Waals surface area contributed by atoms with Crippen molar-refractivity contribution < 1.29 is 0 Å². The summed E-state index contributed by atoms with van der Waals surface area (Å²) in [7, 11) is 0. The van der Waals surface area contributed by atoms with Crippen LogP contribution in [0.3, 0.4) is 0 Å². The van der Waals surface area contributed by atoms with Crippen molar-refractivity contribution >= 4 is 0 Å². The van der Waals surface area contributed by atoms with Crippen LogP contribution in [-0.4, -0.2) is 26.2 Å². The van der Waals surface area contributed by atoms with Crippen LogP contribution in [0.4, 0.5) is 0 Å². The van der Waals surface area contributed by atoms with Crippen LogP contribution in [0, 0.1) is 5.92 Å². The molecule has 1 aliphatic heterocycles. The van der Waals surface area contributed by atoms with Gasteiger partial charge >= 0.3 is 0 Å². The van der Waals surface area contributed by atoms with E-state index in [0.29, 0.717) is 0 Å². The van der Waals surface area contributed by atoms with Crippen molar-refractivity contribution in [3.05, 3.63) is 35.9 Å². The van der Waals surface area contributed by atoms with Crippen molar-refractivity contribution in [3.8, 4) is 0 Å². The fourth-order valence-electron chi connectivity index (χ4n) is 2.27. The first-order valence-corrected chi connectivity index (χ1v) is 6.40. The van der Waals surface area contributed by atoms with E-state index in [1.807, 2.05) is 0 Å². The molecule has 0 radical (unpaired) electrons. The van der Waals surface area contributed by atoms with Gasteiger partial charge in [-0.25, -0.2) is 0 Å². The van der Waals surface area contributed by atoms with Crippen molar-refractivity contribution in [2.75, 3.05) is 26.2 Å². The number of rotatable bonds is 5. The monoisotopic (exact) mass is 218 g/mol. The van der Waals surface area contributed by atoms with Gasteiger partial charge in [0.15, 0.2) is 0 Å². The maximum absolute atomic E-state index is 3.58. The smallest absolute Gasteiger partial charge is 0.000824 e. The molecule has 1 heterocycles. The second-order valence-corrected chi connectivity index (χ2v) is 4.63. The van der Waals surface area contributed by atoms with Gasteiger partial charge in [0.1, 0.15) is 0 Å². The molecule has 0 aromatic heterocycles. The molecule has 1 fully saturated rings. The third kappa shape index (κ3) is 3.95. The fourth-order valence-corrected chi connectivity index (χ4v) is 2.27. The Hall–Kier alpha value is -0.860. The molecule has 0 atom stereocenters. The van der Waals surface area contributed by atoms with E-state index in [1.54, 1.807) is 0 Å². The highest BCUT2D eigenvalue weighted by Crippen LogP contribution is 2.09. The Morgan fingerprint density at radius 3 is 2.62 bits per heavy atom. The van der Waals surface area contributed by atoms with Crippen molar-refractivity contribution in [1.29, 1.82) is 0 Å². The van der Waals surface area contributed by atoms with Crippen LogP contribution < -0.4 is 10.6 Å². The van der Waals surface area contributed by atoms with Gasteiger partial charge in [-0.05, 0) is 56.9 Å². The summed E-state index contributed by atoms with van der Waals surface area (Å²) in [6, 6.07) is 10.7. The maximum Gasteiger partial charge on any atom is -0.000824 e. The zero-order valence-corrected chi connectivity index (χ0v) is 9.91. The van der Waals surface area contributed by atoms with E-state index in [2.05, 4.69) is 41.0 Å². The van der Waals surface area contributed by atoms with E-state index in [4.69, 9.17) is 0 Å². The first-order chi connectivity index (χ1) is 7.95. The van der Waals surface area contributed by atoms with Crippen LogP contribution in [0.5, 0.6) is 0 Å². The van der Waals surface area contributed by atoms with Crippen LogP contribution in [0.2, 0.25) is 0 Å². The van der Waals surface area contributed by atoms with Crippen LogP contribution in [0.1, 0.15) is 18.4 Å². The third-order valence-corrected chi connectivity index (χ3v) is 3.33. The molecule has 2 rings (SSSR count). The topological polar surface area (TPSA) is 24.1 Å². The molecule has 88 valence electrons. The fraction of sp³-hybridized carbons (Fsp3) is 0.571. The zero-order valence-electron chi connectivity index (χ0n) is 9.91. The van der Waals surface area contributed by atoms with Gasteiger partial charge in [0.25, 0.3) is 0 Å². The summed E-state index contributed by atoms with van der Waals surface area (Å²) in [6.45, 7) is 4.69. The zero-order chi connectivity index (χ0) is 11.1. The minimum atomic E-state index is 0.886. The standard InChI is InChI=1S/C14H22N2/c1-2-4-13(5-3-1)6-11-16-12-14-7-9-15-10-8-14/h1-5,14-16H,6-12H2. The van der Waals surface area contributed by atoms with Gasteiger partial charge in [-0.1, -0.05) is 30.3 Å². The molecule has 2 nitrogen and oxygen atoms in total. The summed E-state index contributed by atoms with van der Waals surface area (Å²) in [5.74, 6) is 0.886. The maximum atomic E-state index is 3.58. The predicted octanol–water partition coefficient (Wildman–Crippen LogP) is 1.82. The average molecular weight is 218 g/mol. The van der Waals surface area contributed by atoms with Crippen molar-refractivity contribution in [3.63, 3.8) is 0 Å². The predicted molar refractivity (Wildman–Crippen MR) is 68.6 cm³/mol. The average Bonchev–Trinajstić information content (AvgIpc) is 2.37. The molecule has 16 heavy (non-hydrogen) atoms. The van der Waals surface area contributed by atoms with Crippen molar-refractivity contribution in [1.82, 2.24) is 10.6 Å². The quantitative estimate of drug-likeness (QED) is 0.737. The summed E-state index contributed by atoms with van der Waals surface area (Å²) in [5, 5.41) is 6.98. The molecule has 0 saturated carbocycles. The van der Waals surface area contributed by atoms with Gasteiger partial charge in [0.2, 0.25) is 0 Å². The Balaban J connectivity index is 1.58. The lowest BCUT2D eigenvalue weighted by molar-refractivity contribution is 0.358. The summed E-state index contributed by atoms with van der Waals surface area (Å²) in [5.41, 5.74) is 1.43. The first kappa shape index (κ1) is 11.6. The van der Waals surface area contributed by atoms with Gasteiger partial charge in [-0.3, -0.25) is 0 Å². The molecule has 1 aromatic carbocycles. The molecule has 2 N–H and O–H groups in total. The summed E-state index contributed by atoms with van der Waals surface area (Å²) in [6.07, 6.45) is 3.81. The van der Waals surface area contributed by atoms with Crippen molar-refractivity contribution in [2.24, 2.45) is 5.92 Å². The summed E-state index contributed by atoms with van der Waals surface area (Å²) >= 11 is 0. The number of hydrogen-bond donors (Lipinski definition) is 2. The lowest BCUT2D eigenvalue weighted by Gasteiger charge is -2.22. The van der Waals surface area contributed by atoms with E-state index in [1.165, 1.54) is 38.0 Å². The highest BCUT2D eigenvalue weighted by Gasteiger charge is 2.11. The van der Waals surface area contributed by atoms with Gasteiger partial charge < -0.3 is 10.6 Å². The minimum Gasteiger partial charge on any atom is -0.317 e. The molecule has 0 spiro atoms. The largest absolute Gasteiger partial charge is 0.317 e. The number of benzene rings is 1. The Bertz CT molecular complexity index is 278. The molecular formula is C14H22N2. The van der Waals surface area contributed by atoms with Crippen LogP contribution in [0.25, 0.3) is 0 Å². The summed E-state index contributed by atoms with van der Waals surface area (Å²) in [4.78, 5) is 0. The second-order valence-electron chi connectivity index (χ2n) is 4.63. The number of nitrogens with one attached hydrogen (secondary N) is 2. The SMILES string of the molecule is c1ccc(CCNCC2CCNCC2)cc1. The highest BCUT2D eigenvalue weighted by atomic mass is 14.9. The number of hydrogen-bond acceptors (Lipinski definition) is 2. The van der Waals surface area contributed by atoms with Crippen LogP contribution in [-0.2, 0) is 6.42 Å². The molecule has 0 aliphatic carbocycles. The highest BCUT2D eigenvalue weighted by molar-refractivity contribution is 5.14. The van der Waals surface area contributed by atoms with E-state index in [0.717, 1.165) is 18.9 Å². The minimum absolute atomic E-state index is 0.886. The van der Waals surface area contributed by atoms with Gasteiger partial charge in [-0.2, -0.15) is 0 Å². The van der Waals surface area contributed by atoms with E-state index < -0.39 is 0 Å². The molecule has 2 heteroatoms. The Morgan fingerprint density at radius 1 is 1.12 bits per heavy atom. The van der Waals surface area contributed by atoms with Gasteiger partial charge in [0.05, 0.1) is 0 Å². The third-order valence-electron chi connectivity index (χ3n) is 3.33. The van der Waals surface area contributed by atoms with Gasteiger partial charge in [-0.15, -0.1) is 0 Å². The van der Waals surface area contributed by atoms with Gasteiger partial charge in [0, 0.05) is 0 Å². The molecule has 0 unspecified atom stereocenters. The Morgan fingerprint density at radius 2 is 1.88 bits per heavy atom. The Kier molecular flexibility index (Phi) is 4.84. The molecule has 1 aromatic rings. The van der Waals surface area contributed by atoms with Crippen LogP contribution in [0.15, 0.2) is 30.3 Å². The van der Waals surface area contributed by atoms with Crippen molar-refractivity contribution in [2.45, 2.75) is 19.3 Å². The Labute approximate surface area is 98.4 Å². The summed E-state index contributed by atoms with van der Waals surface area (Å²) < 4.78 is 0. The first-order valence-electron chi connectivity index (χ1n) is 6.40.